The summed E-state index contributed by atoms with van der Waals surface area (Å²) < 4.78 is 9.05. The largest absolute Gasteiger partial charge is 0.473 e. The second-order valence-electron chi connectivity index (χ2n) is 8.13. The molecule has 0 aliphatic heterocycles. The zero-order chi connectivity index (χ0) is 25.1. The van der Waals surface area contributed by atoms with Crippen LogP contribution in [-0.4, -0.2) is 60.7 Å². The number of aliphatic hydroxyl groups excluding tert-OH is 2. The maximum absolute atomic E-state index is 9.32. The molecule has 0 fully saturated rings. The Morgan fingerprint density at radius 2 is 1.75 bits per heavy atom. The van der Waals surface area contributed by atoms with Crippen LogP contribution in [0.5, 0.6) is 5.88 Å². The maximum atomic E-state index is 9.32. The Labute approximate surface area is 206 Å². The Morgan fingerprint density at radius 1 is 1.00 bits per heavy atom. The van der Waals surface area contributed by atoms with Crippen molar-refractivity contribution >= 4 is 33.8 Å². The normalized spacial score (nSPS) is 14.9. The second kappa shape index (κ2) is 10.0. The van der Waals surface area contributed by atoms with Crippen LogP contribution in [0.25, 0.3) is 11.0 Å². The molecule has 184 valence electrons. The van der Waals surface area contributed by atoms with Crippen molar-refractivity contribution in [3.05, 3.63) is 78.0 Å². The summed E-state index contributed by atoms with van der Waals surface area (Å²) in [6, 6.07) is 11.3. The van der Waals surface area contributed by atoms with E-state index in [1.54, 1.807) is 27.4 Å². The summed E-state index contributed by atoms with van der Waals surface area (Å²) in [6.07, 6.45) is 8.01. The molecule has 6 N–H and O–H groups in total. The number of aliphatic hydroxyl groups is 2. The van der Waals surface area contributed by atoms with Crippen molar-refractivity contribution in [2.24, 2.45) is 10.7 Å². The first kappa shape index (κ1) is 23.3. The molecule has 1 aliphatic rings. The highest BCUT2D eigenvalue weighted by Gasteiger charge is 2.21. The number of nitrogens with one attached hydrogen (secondary N) is 2. The Kier molecular flexibility index (Phi) is 6.48. The molecule has 4 heterocycles. The molecule has 0 saturated heterocycles. The average molecular weight is 487 g/mol. The molecular formula is C25H26N8O3. The van der Waals surface area contributed by atoms with Gasteiger partial charge in [0.25, 0.3) is 5.88 Å². The van der Waals surface area contributed by atoms with Crippen LogP contribution in [0.1, 0.15) is 12.1 Å². The number of nitrogens with zero attached hydrogens (tertiary/aromatic N) is 5. The van der Waals surface area contributed by atoms with Crippen LogP contribution >= 0.6 is 0 Å². The van der Waals surface area contributed by atoms with Gasteiger partial charge in [-0.05, 0) is 49.3 Å². The molecule has 1 aliphatic carbocycles. The Bertz CT molecular complexity index is 1530. The van der Waals surface area contributed by atoms with Crippen LogP contribution in [-0.2, 0) is 6.42 Å². The fourth-order valence-corrected chi connectivity index (χ4v) is 3.97. The average Bonchev–Trinajstić information content (AvgIpc) is 3.42. The summed E-state index contributed by atoms with van der Waals surface area (Å²) in [4.78, 5) is 4.85. The van der Waals surface area contributed by atoms with Crippen LogP contribution in [0.3, 0.4) is 0 Å². The summed E-state index contributed by atoms with van der Waals surface area (Å²) in [5, 5.41) is 39.4. The number of rotatable bonds is 9. The van der Waals surface area contributed by atoms with Crippen molar-refractivity contribution in [3.63, 3.8) is 0 Å². The number of anilines is 1. The van der Waals surface area contributed by atoms with Gasteiger partial charge in [-0.25, -0.2) is 14.0 Å². The van der Waals surface area contributed by atoms with E-state index in [-0.39, 0.29) is 25.5 Å². The fraction of sp³-hybridized carbons (Fsp3) is 0.200. The molecule has 0 bridgehead atoms. The van der Waals surface area contributed by atoms with E-state index >= 15 is 0 Å². The molecule has 5 rings (SSSR count). The van der Waals surface area contributed by atoms with Crippen LogP contribution in [0, 0.1) is 5.41 Å². The highest BCUT2D eigenvalue weighted by atomic mass is 16.5. The summed E-state index contributed by atoms with van der Waals surface area (Å²) in [6.45, 7) is -0.0163. The van der Waals surface area contributed by atoms with Crippen molar-refractivity contribution in [1.82, 2.24) is 19.2 Å². The van der Waals surface area contributed by atoms with Crippen LogP contribution < -0.4 is 15.8 Å². The van der Waals surface area contributed by atoms with E-state index in [0.29, 0.717) is 47.2 Å². The van der Waals surface area contributed by atoms with Crippen molar-refractivity contribution in [2.45, 2.75) is 12.8 Å². The van der Waals surface area contributed by atoms with E-state index in [1.807, 2.05) is 42.6 Å². The quantitative estimate of drug-likeness (QED) is 0.227. The van der Waals surface area contributed by atoms with Gasteiger partial charge in [-0.3, -0.25) is 5.41 Å². The van der Waals surface area contributed by atoms with Gasteiger partial charge in [0, 0.05) is 19.0 Å². The first-order chi connectivity index (χ1) is 17.6. The third-order valence-corrected chi connectivity index (χ3v) is 5.65. The molecule has 4 aromatic heterocycles. The summed E-state index contributed by atoms with van der Waals surface area (Å²) in [5.41, 5.74) is 11.3. The highest BCUT2D eigenvalue weighted by Crippen LogP contribution is 2.32. The number of aryl methyl sites for hydroxylation is 1. The molecule has 11 nitrogen and oxygen atoms in total. The lowest BCUT2D eigenvalue weighted by Gasteiger charge is -2.16. The zero-order valence-electron chi connectivity index (χ0n) is 19.4. The molecule has 0 radical (unpaired) electrons. The van der Waals surface area contributed by atoms with Gasteiger partial charge in [-0.1, -0.05) is 12.1 Å². The Hall–Kier alpha value is -4.48. The predicted molar refractivity (Wildman–Crippen MR) is 137 cm³/mol. The lowest BCUT2D eigenvalue weighted by Crippen LogP contribution is -2.22. The minimum Gasteiger partial charge on any atom is -0.473 e. The number of aromatic nitrogens is 4. The third kappa shape index (κ3) is 4.44. The molecule has 0 aromatic carbocycles. The van der Waals surface area contributed by atoms with Crippen LogP contribution in [0.4, 0.5) is 11.4 Å². The Balaban J connectivity index is 1.56. The first-order valence-electron chi connectivity index (χ1n) is 11.5. The topological polar surface area (TPSA) is 159 Å². The minimum absolute atomic E-state index is 0.0530. The molecule has 11 heteroatoms. The van der Waals surface area contributed by atoms with E-state index in [4.69, 9.17) is 20.9 Å². The summed E-state index contributed by atoms with van der Waals surface area (Å²) in [7, 11) is 0. The van der Waals surface area contributed by atoms with E-state index in [2.05, 4.69) is 15.5 Å². The predicted octanol–water partition coefficient (Wildman–Crippen LogP) is 2.22. The number of fused-ring (bicyclic) bond motifs is 2. The summed E-state index contributed by atoms with van der Waals surface area (Å²) in [5.74, 6) is 0.305. The number of ether oxygens (including phenoxy) is 1. The van der Waals surface area contributed by atoms with Gasteiger partial charge >= 0.3 is 0 Å². The standard InChI is InChI=1S/C25H26N8O3/c26-16-14-17(27)20(29-24-22-8-2-4-10-33(22)31-25(24)36-13-12-35)15-19(16)28-23-18(6-5-11-34)30-32-9-3-1-7-21(23)32/h1-4,7-10,14-15,27,29,34-35H,5-6,11-13,26H2. The Morgan fingerprint density at radius 3 is 2.50 bits per heavy atom. The van der Waals surface area contributed by atoms with Crippen molar-refractivity contribution < 1.29 is 14.9 Å². The van der Waals surface area contributed by atoms with E-state index < -0.39 is 0 Å². The lowest BCUT2D eigenvalue weighted by atomic mass is 10.0. The SMILES string of the molecule is N=C1C=C(N)C(=Nc2c(CCCO)nn3ccccc23)C=C1Nc1c(OCCO)nn2ccccc12. The van der Waals surface area contributed by atoms with Gasteiger partial charge in [0.05, 0.1) is 46.2 Å². The first-order valence-corrected chi connectivity index (χ1v) is 11.5. The number of hydrogen-bond acceptors (Lipinski definition) is 9. The van der Waals surface area contributed by atoms with Gasteiger partial charge in [0.1, 0.15) is 18.0 Å². The fourth-order valence-electron chi connectivity index (χ4n) is 3.97. The molecular weight excluding hydrogens is 460 g/mol. The monoisotopic (exact) mass is 486 g/mol. The van der Waals surface area contributed by atoms with Crippen molar-refractivity contribution in [1.29, 1.82) is 5.41 Å². The molecule has 0 spiro atoms. The van der Waals surface area contributed by atoms with Crippen molar-refractivity contribution in [3.8, 4) is 5.88 Å². The molecule has 0 saturated carbocycles. The van der Waals surface area contributed by atoms with Gasteiger partial charge < -0.3 is 26.0 Å². The minimum atomic E-state index is -0.153. The number of aliphatic imine (C=N–C) groups is 1. The molecule has 0 unspecified atom stereocenters. The molecule has 0 atom stereocenters. The number of allylic oxidation sites excluding steroid dienone is 2. The van der Waals surface area contributed by atoms with Gasteiger partial charge in [-0.15, -0.1) is 5.10 Å². The van der Waals surface area contributed by atoms with Gasteiger partial charge in [-0.2, -0.15) is 5.10 Å². The molecule has 0 amide bonds. The van der Waals surface area contributed by atoms with E-state index in [1.165, 1.54) is 0 Å². The summed E-state index contributed by atoms with van der Waals surface area (Å²) >= 11 is 0. The third-order valence-electron chi connectivity index (χ3n) is 5.65. The number of pyridine rings is 2. The van der Waals surface area contributed by atoms with Crippen LogP contribution in [0.15, 0.2) is 77.3 Å². The number of nitrogens with two attached hydrogens (primary N) is 1. The lowest BCUT2D eigenvalue weighted by molar-refractivity contribution is 0.197. The van der Waals surface area contributed by atoms with Crippen LogP contribution in [0.2, 0.25) is 0 Å². The highest BCUT2D eigenvalue weighted by molar-refractivity contribution is 6.24. The van der Waals surface area contributed by atoms with E-state index in [9.17, 15) is 10.2 Å². The molecule has 4 aromatic rings. The second-order valence-corrected chi connectivity index (χ2v) is 8.13. The zero-order valence-corrected chi connectivity index (χ0v) is 19.4. The molecule has 36 heavy (non-hydrogen) atoms. The van der Waals surface area contributed by atoms with E-state index in [0.717, 1.165) is 16.7 Å². The van der Waals surface area contributed by atoms with Gasteiger partial charge in [0.15, 0.2) is 0 Å². The smallest absolute Gasteiger partial charge is 0.258 e. The van der Waals surface area contributed by atoms with Crippen molar-refractivity contribution in [2.75, 3.05) is 25.1 Å². The van der Waals surface area contributed by atoms with Gasteiger partial charge in [0.2, 0.25) is 0 Å². The number of hydrogen-bond donors (Lipinski definition) is 5. The maximum Gasteiger partial charge on any atom is 0.258 e.